The predicted octanol–water partition coefficient (Wildman–Crippen LogP) is 7.66. The van der Waals surface area contributed by atoms with Crippen LogP contribution >= 0.6 is 0 Å². The van der Waals surface area contributed by atoms with Gasteiger partial charge in [0.1, 0.15) is 11.2 Å². The Hall–Kier alpha value is -5.43. The van der Waals surface area contributed by atoms with Crippen LogP contribution in [0.3, 0.4) is 0 Å². The molecule has 2 aromatic heterocycles. The lowest BCUT2D eigenvalue weighted by Gasteiger charge is -2.44. The number of nitrogens with one attached hydrogen (secondary N) is 1. The first-order valence-corrected chi connectivity index (χ1v) is 18.0. The van der Waals surface area contributed by atoms with Crippen LogP contribution in [0.5, 0.6) is 0 Å². The van der Waals surface area contributed by atoms with Gasteiger partial charge in [-0.2, -0.15) is 13.2 Å². The van der Waals surface area contributed by atoms with Crippen LogP contribution in [0.1, 0.15) is 54.6 Å². The molecule has 288 valence electrons. The van der Waals surface area contributed by atoms with E-state index in [-0.39, 0.29) is 65.7 Å². The van der Waals surface area contributed by atoms with E-state index in [4.69, 9.17) is 4.74 Å². The van der Waals surface area contributed by atoms with Crippen molar-refractivity contribution in [2.24, 2.45) is 0 Å². The van der Waals surface area contributed by atoms with Gasteiger partial charge in [0.2, 0.25) is 5.91 Å². The molecule has 1 fully saturated rings. The maximum atomic E-state index is 14.6. The van der Waals surface area contributed by atoms with Gasteiger partial charge in [-0.1, -0.05) is 48.5 Å². The normalized spacial score (nSPS) is 14.3. The quantitative estimate of drug-likeness (QED) is 0.110. The van der Waals surface area contributed by atoms with Crippen molar-refractivity contribution in [1.82, 2.24) is 19.8 Å². The van der Waals surface area contributed by atoms with Crippen LogP contribution in [0.4, 0.5) is 22.0 Å². The number of amides is 1. The first-order valence-electron chi connectivity index (χ1n) is 18.0. The number of hydrogen-bond donors (Lipinski definition) is 1. The second kappa shape index (κ2) is 16.1. The molecule has 1 saturated heterocycles. The highest BCUT2D eigenvalue weighted by molar-refractivity contribution is 5.82. The number of pyridine rings is 2. The molecular weight excluding hydrogens is 719 g/mol. The Bertz CT molecular complexity index is 2230. The fraction of sp³-hybridized carbons (Fsp3) is 0.333. The molecule has 1 N–H and O–H groups in total. The number of H-pyrrole nitrogens is 1. The Morgan fingerprint density at radius 2 is 1.56 bits per heavy atom. The van der Waals surface area contributed by atoms with Crippen molar-refractivity contribution >= 4 is 22.9 Å². The number of methoxy groups -OCH3 is 1. The number of carbonyl (C=O) groups excluding carboxylic acids is 2. The van der Waals surface area contributed by atoms with Crippen molar-refractivity contribution in [3.8, 4) is 11.1 Å². The SMILES string of the molecule is COC(=O)C(C)(C)N1CCC(N(Cc2ccc(-c3ccc(C(F)(F)F)cc3)cc2)C(=O)Cc2c(CCc3cccc(F)c3F)[nH]c3ncccc3c2=O)CC1. The topological polar surface area (TPSA) is 95.6 Å². The van der Waals surface area contributed by atoms with Gasteiger partial charge in [0, 0.05) is 43.1 Å². The van der Waals surface area contributed by atoms with Crippen LogP contribution in [-0.4, -0.2) is 63.4 Å². The number of hydrogen-bond acceptors (Lipinski definition) is 6. The van der Waals surface area contributed by atoms with Gasteiger partial charge >= 0.3 is 12.1 Å². The van der Waals surface area contributed by atoms with Crippen molar-refractivity contribution in [2.45, 2.75) is 70.3 Å². The van der Waals surface area contributed by atoms with Crippen molar-refractivity contribution in [3.05, 3.63) is 135 Å². The number of likely N-dealkylation sites (tertiary alicyclic amines) is 1. The van der Waals surface area contributed by atoms with E-state index >= 15 is 0 Å². The highest BCUT2D eigenvalue weighted by Gasteiger charge is 2.39. The number of alkyl halides is 3. The molecule has 0 radical (unpaired) electrons. The number of rotatable bonds is 11. The minimum absolute atomic E-state index is 0.0580. The number of aryl methyl sites for hydroxylation is 2. The molecule has 1 aliphatic rings. The molecule has 5 aromatic rings. The standard InChI is InChI=1S/C42H41F5N4O4/c1-41(2,40(54)55-3)50-22-19-31(20-23-50)51(25-26-9-11-27(12-10-26)28-13-16-30(17-14-28)42(45,46)47)36(52)24-33-35(18-15-29-6-4-8-34(43)37(29)44)49-39-32(38(33)53)7-5-21-48-39/h4-14,16-17,21,31H,15,18-20,22-25H2,1-3H3,(H,48,49,53). The lowest BCUT2D eigenvalue weighted by atomic mass is 9.94. The van der Waals surface area contributed by atoms with Gasteiger partial charge in [-0.25, -0.2) is 13.8 Å². The summed E-state index contributed by atoms with van der Waals surface area (Å²) in [5.41, 5.74) is 1.08. The summed E-state index contributed by atoms with van der Waals surface area (Å²) in [6.07, 6.45) is -1.98. The van der Waals surface area contributed by atoms with Gasteiger partial charge in [0.05, 0.1) is 24.5 Å². The second-order valence-corrected chi connectivity index (χ2v) is 14.3. The molecule has 0 bridgehead atoms. The van der Waals surface area contributed by atoms with E-state index in [1.807, 2.05) is 17.0 Å². The number of ether oxygens (including phenoxy) is 1. The van der Waals surface area contributed by atoms with Gasteiger partial charge in [0.25, 0.3) is 0 Å². The molecule has 55 heavy (non-hydrogen) atoms. The summed E-state index contributed by atoms with van der Waals surface area (Å²) >= 11 is 0. The fourth-order valence-corrected chi connectivity index (χ4v) is 7.25. The molecule has 0 aliphatic carbocycles. The summed E-state index contributed by atoms with van der Waals surface area (Å²) in [6, 6.07) is 19.0. The van der Waals surface area contributed by atoms with E-state index in [2.05, 4.69) is 9.97 Å². The van der Waals surface area contributed by atoms with Gasteiger partial charge in [-0.05, 0) is 92.1 Å². The van der Waals surface area contributed by atoms with E-state index < -0.39 is 28.9 Å². The number of piperidine rings is 1. The summed E-state index contributed by atoms with van der Waals surface area (Å²) in [4.78, 5) is 52.3. The molecule has 1 amide bonds. The minimum Gasteiger partial charge on any atom is -0.468 e. The van der Waals surface area contributed by atoms with Crippen LogP contribution < -0.4 is 5.43 Å². The number of esters is 1. The van der Waals surface area contributed by atoms with Gasteiger partial charge in [-0.3, -0.25) is 19.3 Å². The van der Waals surface area contributed by atoms with E-state index in [1.54, 1.807) is 43.0 Å². The van der Waals surface area contributed by atoms with Crippen LogP contribution in [0.15, 0.2) is 89.9 Å². The highest BCUT2D eigenvalue weighted by atomic mass is 19.4. The summed E-state index contributed by atoms with van der Waals surface area (Å²) in [6.45, 7) is 4.75. The van der Waals surface area contributed by atoms with E-state index in [0.29, 0.717) is 48.4 Å². The predicted molar refractivity (Wildman–Crippen MR) is 198 cm³/mol. The third kappa shape index (κ3) is 8.62. The van der Waals surface area contributed by atoms with Crippen LogP contribution in [0.25, 0.3) is 22.2 Å². The third-order valence-electron chi connectivity index (χ3n) is 10.5. The Kier molecular flexibility index (Phi) is 11.5. The lowest BCUT2D eigenvalue weighted by molar-refractivity contribution is -0.155. The monoisotopic (exact) mass is 760 g/mol. The first-order chi connectivity index (χ1) is 26.2. The molecule has 0 spiro atoms. The Morgan fingerprint density at radius 1 is 0.909 bits per heavy atom. The largest absolute Gasteiger partial charge is 0.468 e. The summed E-state index contributed by atoms with van der Waals surface area (Å²) in [5, 5.41) is 0.287. The average molecular weight is 761 g/mol. The maximum absolute atomic E-state index is 14.6. The minimum atomic E-state index is -4.45. The summed E-state index contributed by atoms with van der Waals surface area (Å²) in [7, 11) is 1.34. The van der Waals surface area contributed by atoms with Crippen molar-refractivity contribution in [2.75, 3.05) is 20.2 Å². The zero-order chi connectivity index (χ0) is 39.5. The average Bonchev–Trinajstić information content (AvgIpc) is 3.18. The Morgan fingerprint density at radius 3 is 2.20 bits per heavy atom. The number of benzene rings is 3. The lowest BCUT2D eigenvalue weighted by Crippen LogP contribution is -2.56. The van der Waals surface area contributed by atoms with Crippen LogP contribution in [0.2, 0.25) is 0 Å². The van der Waals surface area contributed by atoms with Crippen LogP contribution in [0, 0.1) is 11.6 Å². The molecule has 0 saturated carbocycles. The molecule has 8 nitrogen and oxygen atoms in total. The number of nitrogens with zero attached hydrogens (tertiary/aromatic N) is 3. The van der Waals surface area contributed by atoms with Gasteiger partial charge in [0.15, 0.2) is 17.1 Å². The number of aromatic amines is 1. The van der Waals surface area contributed by atoms with Crippen molar-refractivity contribution in [1.29, 1.82) is 0 Å². The van der Waals surface area contributed by atoms with E-state index in [1.165, 1.54) is 37.6 Å². The molecule has 0 atom stereocenters. The Labute approximate surface area is 315 Å². The van der Waals surface area contributed by atoms with E-state index in [9.17, 15) is 36.3 Å². The zero-order valence-corrected chi connectivity index (χ0v) is 30.7. The zero-order valence-electron chi connectivity index (χ0n) is 30.7. The summed E-state index contributed by atoms with van der Waals surface area (Å²) in [5.74, 6) is -2.66. The number of fused-ring (bicyclic) bond motifs is 1. The van der Waals surface area contributed by atoms with Gasteiger partial charge < -0.3 is 14.6 Å². The van der Waals surface area contributed by atoms with Gasteiger partial charge in [-0.15, -0.1) is 0 Å². The first kappa shape index (κ1) is 39.3. The third-order valence-corrected chi connectivity index (χ3v) is 10.5. The molecule has 0 unspecified atom stereocenters. The molecule has 3 aromatic carbocycles. The number of aromatic nitrogens is 2. The smallest absolute Gasteiger partial charge is 0.416 e. The molecular formula is C42H41F5N4O4. The number of carbonyl (C=O) groups is 2. The molecule has 6 rings (SSSR count). The van der Waals surface area contributed by atoms with Crippen molar-refractivity contribution in [3.63, 3.8) is 0 Å². The van der Waals surface area contributed by atoms with E-state index in [0.717, 1.165) is 23.8 Å². The molecule has 1 aliphatic heterocycles. The summed E-state index contributed by atoms with van der Waals surface area (Å²) < 4.78 is 73.1. The molecule has 13 heteroatoms. The Balaban J connectivity index is 1.30. The highest BCUT2D eigenvalue weighted by Crippen LogP contribution is 2.32. The second-order valence-electron chi connectivity index (χ2n) is 14.3. The number of halogens is 5. The maximum Gasteiger partial charge on any atom is 0.416 e. The fourth-order valence-electron chi connectivity index (χ4n) is 7.25. The van der Waals surface area contributed by atoms with Crippen molar-refractivity contribution < 1.29 is 36.3 Å². The molecule has 3 heterocycles. The van der Waals surface area contributed by atoms with Crippen LogP contribution in [-0.2, 0) is 46.3 Å².